The second kappa shape index (κ2) is 8.78. The molecule has 5 aromatic carbocycles. The lowest BCUT2D eigenvalue weighted by atomic mass is 9.96. The first kappa shape index (κ1) is 19.6. The lowest BCUT2D eigenvalue weighted by Crippen LogP contribution is -1.81. The highest BCUT2D eigenvalue weighted by Gasteiger charge is 2.04. The van der Waals surface area contributed by atoms with Crippen LogP contribution < -0.4 is 0 Å². The molecule has 0 saturated heterocycles. The van der Waals surface area contributed by atoms with Gasteiger partial charge < -0.3 is 0 Å². The van der Waals surface area contributed by atoms with E-state index in [9.17, 15) is 0 Å². The van der Waals surface area contributed by atoms with Crippen LogP contribution in [0.1, 0.15) is 32.6 Å². The van der Waals surface area contributed by atoms with Gasteiger partial charge >= 0.3 is 0 Å². The maximum absolute atomic E-state index is 2.32. The molecule has 0 amide bonds. The summed E-state index contributed by atoms with van der Waals surface area (Å²) in [7, 11) is 0. The van der Waals surface area contributed by atoms with E-state index in [-0.39, 0.29) is 0 Å². The summed E-state index contributed by atoms with van der Waals surface area (Å²) >= 11 is 0. The highest BCUT2D eigenvalue weighted by molar-refractivity contribution is 6.15. The van der Waals surface area contributed by atoms with Crippen molar-refractivity contribution in [3.8, 4) is 0 Å². The van der Waals surface area contributed by atoms with Crippen molar-refractivity contribution in [2.45, 2.75) is 32.6 Å². The van der Waals surface area contributed by atoms with Crippen LogP contribution in [0.25, 0.3) is 43.1 Å². The minimum absolute atomic E-state index is 1.21. The fourth-order valence-corrected chi connectivity index (χ4v) is 4.52. The standard InChI is InChI=1S/C22H14.C9H14/c1-3-7-17-13-21-19(11-15(17)5-1)9-10-20-12-16-6-2-4-8-18(16)14-22(20)21;1-2-3-6-9-7-4-5-8-9/h1-14H;4-5,7H,2-3,6,8H2,1H3. The van der Waals surface area contributed by atoms with Gasteiger partial charge in [0.2, 0.25) is 0 Å². The van der Waals surface area contributed by atoms with Gasteiger partial charge in [-0.25, -0.2) is 0 Å². The van der Waals surface area contributed by atoms with Gasteiger partial charge in [0, 0.05) is 0 Å². The molecule has 1 aliphatic carbocycles. The van der Waals surface area contributed by atoms with Gasteiger partial charge in [0.25, 0.3) is 0 Å². The molecule has 0 aromatic heterocycles. The number of hydrogen-bond acceptors (Lipinski definition) is 0. The molecule has 0 atom stereocenters. The van der Waals surface area contributed by atoms with Crippen LogP contribution in [0.15, 0.2) is 109 Å². The average Bonchev–Trinajstić information content (AvgIpc) is 3.34. The first-order valence-electron chi connectivity index (χ1n) is 11.4. The monoisotopic (exact) mass is 400 g/mol. The van der Waals surface area contributed by atoms with Crippen LogP contribution in [0.3, 0.4) is 0 Å². The minimum atomic E-state index is 1.21. The van der Waals surface area contributed by atoms with Crippen molar-refractivity contribution in [1.29, 1.82) is 0 Å². The molecular formula is C31H28. The molecule has 31 heavy (non-hydrogen) atoms. The third kappa shape index (κ3) is 4.11. The molecule has 152 valence electrons. The van der Waals surface area contributed by atoms with Gasteiger partial charge in [0.1, 0.15) is 0 Å². The van der Waals surface area contributed by atoms with E-state index in [0.717, 1.165) is 0 Å². The van der Waals surface area contributed by atoms with E-state index in [1.54, 1.807) is 5.57 Å². The predicted molar refractivity (Wildman–Crippen MR) is 138 cm³/mol. The minimum Gasteiger partial charge on any atom is -0.0805 e. The number of unbranched alkanes of at least 4 members (excludes halogenated alkanes) is 1. The van der Waals surface area contributed by atoms with Gasteiger partial charge in [-0.2, -0.15) is 0 Å². The van der Waals surface area contributed by atoms with Crippen molar-refractivity contribution in [2.24, 2.45) is 0 Å². The van der Waals surface area contributed by atoms with E-state index < -0.39 is 0 Å². The SMILES string of the molecule is CCCCC1=CC=CC1.c1ccc2cc3c(ccc4cc5ccccc5cc43)cc2c1. The number of hydrogen-bond donors (Lipinski definition) is 0. The van der Waals surface area contributed by atoms with E-state index in [0.29, 0.717) is 0 Å². The first-order valence-corrected chi connectivity index (χ1v) is 11.4. The summed E-state index contributed by atoms with van der Waals surface area (Å²) in [5.74, 6) is 0. The lowest BCUT2D eigenvalue weighted by molar-refractivity contribution is 0.779. The fourth-order valence-electron chi connectivity index (χ4n) is 4.52. The third-order valence-corrected chi connectivity index (χ3v) is 6.27. The summed E-state index contributed by atoms with van der Waals surface area (Å²) < 4.78 is 0. The molecule has 0 nitrogen and oxygen atoms in total. The maximum Gasteiger partial charge on any atom is -0.00988 e. The predicted octanol–water partition coefficient (Wildman–Crippen LogP) is 9.36. The van der Waals surface area contributed by atoms with Crippen LogP contribution >= 0.6 is 0 Å². The zero-order valence-electron chi connectivity index (χ0n) is 18.1. The largest absolute Gasteiger partial charge is 0.0805 e. The van der Waals surface area contributed by atoms with Gasteiger partial charge in [-0.05, 0) is 86.6 Å². The summed E-state index contributed by atoms with van der Waals surface area (Å²) in [5.41, 5.74) is 1.61. The molecule has 5 aromatic rings. The molecule has 0 aliphatic heterocycles. The first-order chi connectivity index (χ1) is 15.3. The van der Waals surface area contributed by atoms with Crippen LogP contribution in [0.4, 0.5) is 0 Å². The lowest BCUT2D eigenvalue weighted by Gasteiger charge is -2.08. The van der Waals surface area contributed by atoms with Crippen molar-refractivity contribution in [1.82, 2.24) is 0 Å². The van der Waals surface area contributed by atoms with Gasteiger partial charge in [-0.1, -0.05) is 97.8 Å². The van der Waals surface area contributed by atoms with Gasteiger partial charge in [0.05, 0.1) is 0 Å². The van der Waals surface area contributed by atoms with E-state index >= 15 is 0 Å². The zero-order valence-corrected chi connectivity index (χ0v) is 18.1. The molecular weight excluding hydrogens is 372 g/mol. The Kier molecular flexibility index (Phi) is 5.54. The van der Waals surface area contributed by atoms with E-state index in [4.69, 9.17) is 0 Å². The summed E-state index contributed by atoms with van der Waals surface area (Å²) in [5, 5.41) is 10.5. The van der Waals surface area contributed by atoms with Crippen LogP contribution in [0.5, 0.6) is 0 Å². The van der Waals surface area contributed by atoms with Crippen molar-refractivity contribution in [3.05, 3.63) is 109 Å². The quantitative estimate of drug-likeness (QED) is 0.209. The van der Waals surface area contributed by atoms with Crippen LogP contribution in [-0.2, 0) is 0 Å². The van der Waals surface area contributed by atoms with Crippen LogP contribution in [0.2, 0.25) is 0 Å². The molecule has 0 radical (unpaired) electrons. The number of fused-ring (bicyclic) bond motifs is 5. The van der Waals surface area contributed by atoms with Gasteiger partial charge in [0.15, 0.2) is 0 Å². The Labute approximate surface area is 184 Å². The number of benzene rings is 5. The summed E-state index contributed by atoms with van der Waals surface area (Å²) in [6.45, 7) is 2.24. The Hall–Kier alpha value is -3.38. The van der Waals surface area contributed by atoms with Crippen molar-refractivity contribution in [2.75, 3.05) is 0 Å². The molecule has 0 heterocycles. The Bertz CT molecular complexity index is 1340. The fraction of sp³-hybridized carbons (Fsp3) is 0.161. The summed E-state index contributed by atoms with van der Waals surface area (Å²) in [6, 6.07) is 30.8. The van der Waals surface area contributed by atoms with Gasteiger partial charge in [-0.3, -0.25) is 0 Å². The molecule has 0 fully saturated rings. The Morgan fingerprint density at radius 1 is 0.613 bits per heavy atom. The molecule has 0 saturated carbocycles. The highest BCUT2D eigenvalue weighted by Crippen LogP contribution is 2.32. The molecule has 6 rings (SSSR count). The topological polar surface area (TPSA) is 0 Å². The highest BCUT2D eigenvalue weighted by atomic mass is 14.1. The molecule has 0 bridgehead atoms. The molecule has 0 unspecified atom stereocenters. The number of rotatable bonds is 3. The Morgan fingerprint density at radius 2 is 1.13 bits per heavy atom. The summed E-state index contributed by atoms with van der Waals surface area (Å²) in [4.78, 5) is 0. The van der Waals surface area contributed by atoms with Crippen LogP contribution in [-0.4, -0.2) is 0 Å². The molecule has 1 aliphatic rings. The van der Waals surface area contributed by atoms with Crippen LogP contribution in [0, 0.1) is 0 Å². The molecule has 0 spiro atoms. The van der Waals surface area contributed by atoms with Gasteiger partial charge in [-0.15, -0.1) is 0 Å². The average molecular weight is 401 g/mol. The van der Waals surface area contributed by atoms with E-state index in [1.165, 1.54) is 68.8 Å². The smallest absolute Gasteiger partial charge is 0.00988 e. The Balaban J connectivity index is 0.000000192. The Morgan fingerprint density at radius 3 is 1.58 bits per heavy atom. The van der Waals surface area contributed by atoms with E-state index in [2.05, 4.69) is 110 Å². The van der Waals surface area contributed by atoms with E-state index in [1.807, 2.05) is 0 Å². The third-order valence-electron chi connectivity index (χ3n) is 6.27. The van der Waals surface area contributed by atoms with Crippen molar-refractivity contribution < 1.29 is 0 Å². The maximum atomic E-state index is 2.32. The van der Waals surface area contributed by atoms with Crippen molar-refractivity contribution >= 4 is 43.1 Å². The molecule has 0 heteroatoms. The normalized spacial score (nSPS) is 13.0. The second-order valence-electron chi connectivity index (χ2n) is 8.47. The zero-order chi connectivity index (χ0) is 21.0. The molecule has 0 N–H and O–H groups in total. The second-order valence-corrected chi connectivity index (χ2v) is 8.47. The summed E-state index contributed by atoms with van der Waals surface area (Å²) in [6.07, 6.45) is 11.8. The number of allylic oxidation sites excluding steroid dienone is 4. The van der Waals surface area contributed by atoms with Crippen molar-refractivity contribution in [3.63, 3.8) is 0 Å².